The molecule has 0 aliphatic rings. The lowest BCUT2D eigenvalue weighted by Crippen LogP contribution is -2.14. The number of aryl methyl sites for hydroxylation is 2. The molecule has 1 heterocycles. The number of halogens is 2. The van der Waals surface area contributed by atoms with Crippen molar-refractivity contribution in [2.75, 3.05) is 5.32 Å². The standard InChI is InChI=1S/C18H14BrClN2O2/c1-10-7-8-15(13(19)9-10)21-18(23)16-11(2)24-22-17(16)12-5-3-4-6-14(12)20/h3-9H,1-2H3,(H,21,23). The first-order valence-corrected chi connectivity index (χ1v) is 8.43. The highest BCUT2D eigenvalue weighted by Crippen LogP contribution is 2.32. The number of nitrogens with zero attached hydrogens (tertiary/aromatic N) is 1. The van der Waals surface area contributed by atoms with Crippen LogP contribution in [0.25, 0.3) is 11.3 Å². The van der Waals surface area contributed by atoms with Crippen LogP contribution < -0.4 is 5.32 Å². The van der Waals surface area contributed by atoms with Gasteiger partial charge < -0.3 is 9.84 Å². The van der Waals surface area contributed by atoms with E-state index in [1.165, 1.54) is 0 Å². The number of carbonyl (C=O) groups excluding carboxylic acids is 1. The number of rotatable bonds is 3. The molecule has 0 radical (unpaired) electrons. The number of amides is 1. The Bertz CT molecular complexity index is 921. The largest absolute Gasteiger partial charge is 0.360 e. The van der Waals surface area contributed by atoms with Gasteiger partial charge in [-0.05, 0) is 53.5 Å². The van der Waals surface area contributed by atoms with Gasteiger partial charge in [0.15, 0.2) is 0 Å². The van der Waals surface area contributed by atoms with E-state index in [1.54, 1.807) is 19.1 Å². The summed E-state index contributed by atoms with van der Waals surface area (Å²) in [4.78, 5) is 12.8. The van der Waals surface area contributed by atoms with Crippen LogP contribution in [0.15, 0.2) is 51.5 Å². The van der Waals surface area contributed by atoms with E-state index in [1.807, 2.05) is 37.3 Å². The Morgan fingerprint density at radius 3 is 2.67 bits per heavy atom. The van der Waals surface area contributed by atoms with E-state index in [9.17, 15) is 4.79 Å². The summed E-state index contributed by atoms with van der Waals surface area (Å²) in [5, 5.41) is 7.41. The van der Waals surface area contributed by atoms with Gasteiger partial charge in [0.25, 0.3) is 5.91 Å². The van der Waals surface area contributed by atoms with Crippen molar-refractivity contribution < 1.29 is 9.32 Å². The van der Waals surface area contributed by atoms with Crippen molar-refractivity contribution in [3.63, 3.8) is 0 Å². The zero-order chi connectivity index (χ0) is 17.3. The van der Waals surface area contributed by atoms with Crippen LogP contribution in [0.2, 0.25) is 5.02 Å². The van der Waals surface area contributed by atoms with E-state index >= 15 is 0 Å². The number of benzene rings is 2. The van der Waals surface area contributed by atoms with Crippen LogP contribution in [0.5, 0.6) is 0 Å². The highest BCUT2D eigenvalue weighted by atomic mass is 79.9. The molecule has 0 aliphatic carbocycles. The molecular formula is C18H14BrClN2O2. The van der Waals surface area contributed by atoms with Crippen molar-refractivity contribution in [3.05, 3.63) is 68.8 Å². The maximum absolute atomic E-state index is 12.8. The Morgan fingerprint density at radius 1 is 1.21 bits per heavy atom. The Balaban J connectivity index is 1.99. The maximum atomic E-state index is 12.8. The van der Waals surface area contributed by atoms with Gasteiger partial charge in [0, 0.05) is 10.0 Å². The Hall–Kier alpha value is -2.11. The van der Waals surface area contributed by atoms with Gasteiger partial charge in [0.2, 0.25) is 0 Å². The monoisotopic (exact) mass is 404 g/mol. The summed E-state index contributed by atoms with van der Waals surface area (Å²) in [5.74, 6) is 0.138. The van der Waals surface area contributed by atoms with Gasteiger partial charge in [-0.3, -0.25) is 4.79 Å². The summed E-state index contributed by atoms with van der Waals surface area (Å²) >= 11 is 9.68. The first-order valence-electron chi connectivity index (χ1n) is 7.26. The molecule has 0 saturated heterocycles. The Labute approximate surface area is 152 Å². The molecule has 0 spiro atoms. The molecule has 3 aromatic rings. The zero-order valence-electron chi connectivity index (χ0n) is 13.1. The molecule has 0 bridgehead atoms. The molecule has 0 unspecified atom stereocenters. The highest BCUT2D eigenvalue weighted by molar-refractivity contribution is 9.10. The fourth-order valence-electron chi connectivity index (χ4n) is 2.38. The van der Waals surface area contributed by atoms with Gasteiger partial charge in [-0.1, -0.05) is 41.0 Å². The summed E-state index contributed by atoms with van der Waals surface area (Å²) in [6.45, 7) is 3.68. The van der Waals surface area contributed by atoms with E-state index in [0.717, 1.165) is 10.0 Å². The molecule has 1 aromatic heterocycles. The summed E-state index contributed by atoms with van der Waals surface area (Å²) in [6.07, 6.45) is 0. The van der Waals surface area contributed by atoms with Gasteiger partial charge >= 0.3 is 0 Å². The second-order valence-electron chi connectivity index (χ2n) is 5.38. The SMILES string of the molecule is Cc1ccc(NC(=O)c2c(-c3ccccc3Cl)noc2C)c(Br)c1. The van der Waals surface area contributed by atoms with E-state index in [4.69, 9.17) is 16.1 Å². The normalized spacial score (nSPS) is 10.7. The van der Waals surface area contributed by atoms with Crippen LogP contribution in [0, 0.1) is 13.8 Å². The second-order valence-corrected chi connectivity index (χ2v) is 6.64. The summed E-state index contributed by atoms with van der Waals surface area (Å²) in [7, 11) is 0. The lowest BCUT2D eigenvalue weighted by Gasteiger charge is -2.09. The number of anilines is 1. The third kappa shape index (κ3) is 3.23. The minimum absolute atomic E-state index is 0.298. The molecule has 6 heteroatoms. The van der Waals surface area contributed by atoms with Crippen molar-refractivity contribution in [1.29, 1.82) is 0 Å². The number of nitrogens with one attached hydrogen (secondary N) is 1. The minimum atomic E-state index is -0.298. The van der Waals surface area contributed by atoms with Gasteiger partial charge in [0.05, 0.1) is 10.7 Å². The summed E-state index contributed by atoms with van der Waals surface area (Å²) in [5.41, 5.74) is 3.23. The third-order valence-electron chi connectivity index (χ3n) is 3.59. The molecule has 122 valence electrons. The topological polar surface area (TPSA) is 55.1 Å². The zero-order valence-corrected chi connectivity index (χ0v) is 15.4. The van der Waals surface area contributed by atoms with E-state index in [2.05, 4.69) is 26.4 Å². The molecular weight excluding hydrogens is 392 g/mol. The molecule has 4 nitrogen and oxygen atoms in total. The van der Waals surface area contributed by atoms with E-state index in [0.29, 0.717) is 33.3 Å². The van der Waals surface area contributed by atoms with Crippen LogP contribution in [-0.4, -0.2) is 11.1 Å². The number of aromatic nitrogens is 1. The van der Waals surface area contributed by atoms with Crippen LogP contribution in [0.3, 0.4) is 0 Å². The summed E-state index contributed by atoms with van der Waals surface area (Å²) in [6, 6.07) is 12.9. The predicted octanol–water partition coefficient (Wildman–Crippen LogP) is 5.63. The van der Waals surface area contributed by atoms with E-state index < -0.39 is 0 Å². The molecule has 3 rings (SSSR count). The molecule has 1 N–H and O–H groups in total. The third-order valence-corrected chi connectivity index (χ3v) is 4.58. The van der Waals surface area contributed by atoms with Gasteiger partial charge in [-0.15, -0.1) is 0 Å². The van der Waals surface area contributed by atoms with Crippen LogP contribution >= 0.6 is 27.5 Å². The fraction of sp³-hybridized carbons (Fsp3) is 0.111. The minimum Gasteiger partial charge on any atom is -0.360 e. The van der Waals surface area contributed by atoms with Crippen molar-refractivity contribution in [2.24, 2.45) is 0 Å². The van der Waals surface area contributed by atoms with Crippen LogP contribution in [0.4, 0.5) is 5.69 Å². The Kier molecular flexibility index (Phi) is 4.73. The Morgan fingerprint density at radius 2 is 1.96 bits per heavy atom. The maximum Gasteiger partial charge on any atom is 0.261 e. The first-order chi connectivity index (χ1) is 11.5. The fourth-order valence-corrected chi connectivity index (χ4v) is 3.20. The lowest BCUT2D eigenvalue weighted by atomic mass is 10.1. The number of carbonyl (C=O) groups is 1. The van der Waals surface area contributed by atoms with Crippen molar-refractivity contribution in [2.45, 2.75) is 13.8 Å². The highest BCUT2D eigenvalue weighted by Gasteiger charge is 2.23. The van der Waals surface area contributed by atoms with Gasteiger partial charge in [-0.2, -0.15) is 0 Å². The average Bonchev–Trinajstić information content (AvgIpc) is 2.92. The molecule has 1 amide bonds. The van der Waals surface area contributed by atoms with Crippen molar-refractivity contribution in [3.8, 4) is 11.3 Å². The molecule has 2 aromatic carbocycles. The van der Waals surface area contributed by atoms with Crippen molar-refractivity contribution in [1.82, 2.24) is 5.16 Å². The molecule has 0 saturated carbocycles. The first kappa shape index (κ1) is 16.7. The quantitative estimate of drug-likeness (QED) is 0.614. The van der Waals surface area contributed by atoms with Gasteiger partial charge in [0.1, 0.15) is 17.0 Å². The molecule has 0 aliphatic heterocycles. The summed E-state index contributed by atoms with van der Waals surface area (Å²) < 4.78 is 6.04. The van der Waals surface area contributed by atoms with Gasteiger partial charge in [-0.25, -0.2) is 0 Å². The van der Waals surface area contributed by atoms with Crippen molar-refractivity contribution >= 4 is 39.1 Å². The van der Waals surface area contributed by atoms with Crippen LogP contribution in [-0.2, 0) is 0 Å². The number of hydrogen-bond donors (Lipinski definition) is 1. The second kappa shape index (κ2) is 6.79. The molecule has 0 fully saturated rings. The lowest BCUT2D eigenvalue weighted by molar-refractivity contribution is 0.102. The molecule has 0 atom stereocenters. The predicted molar refractivity (Wildman–Crippen MR) is 98.5 cm³/mol. The molecule has 24 heavy (non-hydrogen) atoms. The number of hydrogen-bond acceptors (Lipinski definition) is 3. The smallest absolute Gasteiger partial charge is 0.261 e. The van der Waals surface area contributed by atoms with E-state index in [-0.39, 0.29) is 5.91 Å². The average molecular weight is 406 g/mol. The van der Waals surface area contributed by atoms with Crippen LogP contribution in [0.1, 0.15) is 21.7 Å².